The summed E-state index contributed by atoms with van der Waals surface area (Å²) in [6.45, 7) is 8.44. The van der Waals surface area contributed by atoms with Gasteiger partial charge in [-0.15, -0.1) is 0 Å². The Morgan fingerprint density at radius 1 is 1.19 bits per heavy atom. The molecule has 21 heavy (non-hydrogen) atoms. The number of nitrogens with zero attached hydrogens (tertiary/aromatic N) is 2. The van der Waals surface area contributed by atoms with Gasteiger partial charge in [0.15, 0.2) is 0 Å². The molecule has 0 aliphatic rings. The summed E-state index contributed by atoms with van der Waals surface area (Å²) in [4.78, 5) is 0. The number of rotatable bonds is 9. The van der Waals surface area contributed by atoms with Gasteiger partial charge in [0.05, 0.1) is 19.3 Å². The Kier molecular flexibility index (Phi) is 6.44. The van der Waals surface area contributed by atoms with Crippen LogP contribution in [0, 0.1) is 5.92 Å². The summed E-state index contributed by atoms with van der Waals surface area (Å²) >= 11 is 0. The van der Waals surface area contributed by atoms with E-state index in [2.05, 4.69) is 54.7 Å². The molecule has 1 aromatic heterocycles. The van der Waals surface area contributed by atoms with E-state index in [1.54, 1.807) is 0 Å². The molecule has 0 unspecified atom stereocenters. The van der Waals surface area contributed by atoms with Crippen molar-refractivity contribution >= 4 is 0 Å². The second-order valence-corrected chi connectivity index (χ2v) is 5.68. The van der Waals surface area contributed by atoms with Crippen molar-refractivity contribution in [1.82, 2.24) is 15.1 Å². The normalized spacial score (nSPS) is 11.2. The molecule has 2 aromatic rings. The fraction of sp³-hybridized carbons (Fsp3) is 0.471. The van der Waals surface area contributed by atoms with Gasteiger partial charge in [-0.2, -0.15) is 5.10 Å². The Morgan fingerprint density at radius 3 is 2.76 bits per heavy atom. The summed E-state index contributed by atoms with van der Waals surface area (Å²) in [6.07, 6.45) is 4.01. The van der Waals surface area contributed by atoms with Crippen LogP contribution >= 0.6 is 0 Å². The third kappa shape index (κ3) is 6.10. The van der Waals surface area contributed by atoms with Gasteiger partial charge in [0, 0.05) is 31.5 Å². The van der Waals surface area contributed by atoms with E-state index in [1.165, 1.54) is 11.1 Å². The molecule has 4 heteroatoms. The minimum absolute atomic E-state index is 0.598. The Hall–Kier alpha value is -1.65. The van der Waals surface area contributed by atoms with Gasteiger partial charge in [-0.1, -0.05) is 44.2 Å². The zero-order valence-corrected chi connectivity index (χ0v) is 13.0. The first-order valence-electron chi connectivity index (χ1n) is 7.58. The largest absolute Gasteiger partial charge is 0.380 e. The molecule has 0 radical (unpaired) electrons. The summed E-state index contributed by atoms with van der Waals surface area (Å²) in [7, 11) is 0. The molecule has 0 atom stereocenters. The Balaban J connectivity index is 1.66. The van der Waals surface area contributed by atoms with E-state index in [9.17, 15) is 0 Å². The number of hydrogen-bond acceptors (Lipinski definition) is 3. The topological polar surface area (TPSA) is 39.1 Å². The van der Waals surface area contributed by atoms with Crippen LogP contribution in [-0.2, 0) is 17.8 Å². The summed E-state index contributed by atoms with van der Waals surface area (Å²) in [6, 6.07) is 10.4. The van der Waals surface area contributed by atoms with Crippen LogP contribution in [0.15, 0.2) is 42.7 Å². The van der Waals surface area contributed by atoms with Crippen molar-refractivity contribution in [2.45, 2.75) is 26.9 Å². The number of nitrogens with one attached hydrogen (secondary N) is 1. The second kappa shape index (κ2) is 8.60. The van der Waals surface area contributed by atoms with Gasteiger partial charge >= 0.3 is 0 Å². The Morgan fingerprint density at radius 2 is 2.00 bits per heavy atom. The van der Waals surface area contributed by atoms with Crippen molar-refractivity contribution in [3.63, 3.8) is 0 Å². The molecule has 1 aromatic carbocycles. The lowest BCUT2D eigenvalue weighted by molar-refractivity contribution is 0.111. The van der Waals surface area contributed by atoms with Gasteiger partial charge in [-0.25, -0.2) is 0 Å². The van der Waals surface area contributed by atoms with Crippen molar-refractivity contribution in [3.05, 3.63) is 53.9 Å². The zero-order chi connectivity index (χ0) is 14.9. The van der Waals surface area contributed by atoms with Crippen LogP contribution in [0.3, 0.4) is 0 Å². The highest BCUT2D eigenvalue weighted by Gasteiger charge is 2.00. The van der Waals surface area contributed by atoms with Crippen LogP contribution in [0.1, 0.15) is 25.0 Å². The van der Waals surface area contributed by atoms with Gasteiger partial charge in [0.2, 0.25) is 0 Å². The van der Waals surface area contributed by atoms with Gasteiger partial charge in [-0.05, 0) is 11.5 Å². The average Bonchev–Trinajstić information content (AvgIpc) is 2.91. The number of ether oxygens (including phenoxy) is 1. The highest BCUT2D eigenvalue weighted by molar-refractivity contribution is 5.15. The van der Waals surface area contributed by atoms with Crippen molar-refractivity contribution in [1.29, 1.82) is 0 Å². The van der Waals surface area contributed by atoms with Crippen molar-refractivity contribution < 1.29 is 4.74 Å². The number of aromatic nitrogens is 2. The lowest BCUT2D eigenvalue weighted by atomic mass is 10.2. The fourth-order valence-corrected chi connectivity index (χ4v) is 2.05. The molecule has 0 fully saturated rings. The summed E-state index contributed by atoms with van der Waals surface area (Å²) in [5.41, 5.74) is 2.47. The maximum Gasteiger partial charge on any atom is 0.0659 e. The quantitative estimate of drug-likeness (QED) is 0.721. The fourth-order valence-electron chi connectivity index (χ4n) is 2.05. The number of benzene rings is 1. The molecule has 1 heterocycles. The molecule has 4 nitrogen and oxygen atoms in total. The Bertz CT molecular complexity index is 508. The lowest BCUT2D eigenvalue weighted by Gasteiger charge is -2.07. The maximum atomic E-state index is 5.53. The van der Waals surface area contributed by atoms with E-state index in [0.29, 0.717) is 5.92 Å². The van der Waals surface area contributed by atoms with E-state index in [4.69, 9.17) is 4.74 Å². The maximum absolute atomic E-state index is 5.53. The molecule has 0 saturated heterocycles. The highest BCUT2D eigenvalue weighted by atomic mass is 16.5. The van der Waals surface area contributed by atoms with Crippen molar-refractivity contribution in [2.75, 3.05) is 19.8 Å². The Labute approximate surface area is 127 Å². The summed E-state index contributed by atoms with van der Waals surface area (Å²) < 4.78 is 7.51. The molecular formula is C17H25N3O. The number of hydrogen-bond donors (Lipinski definition) is 1. The first-order chi connectivity index (χ1) is 10.2. The third-order valence-corrected chi connectivity index (χ3v) is 3.08. The molecule has 2 rings (SSSR count). The monoisotopic (exact) mass is 287 g/mol. The lowest BCUT2D eigenvalue weighted by Crippen LogP contribution is -2.20. The predicted molar refractivity (Wildman–Crippen MR) is 85.1 cm³/mol. The van der Waals surface area contributed by atoms with Crippen LogP contribution in [0.2, 0.25) is 0 Å². The molecule has 0 spiro atoms. The van der Waals surface area contributed by atoms with Crippen LogP contribution in [0.5, 0.6) is 0 Å². The standard InChI is InChI=1S/C17H25N3O/c1-15(2)14-21-9-8-18-10-17-11-19-20(13-17)12-16-6-4-3-5-7-16/h3-7,11,13,15,18H,8-10,12,14H2,1-2H3. The summed E-state index contributed by atoms with van der Waals surface area (Å²) in [5.74, 6) is 0.598. The van der Waals surface area contributed by atoms with Gasteiger partial charge < -0.3 is 10.1 Å². The SMILES string of the molecule is CC(C)COCCNCc1cnn(Cc2ccccc2)c1. The van der Waals surface area contributed by atoms with Crippen LogP contribution < -0.4 is 5.32 Å². The van der Waals surface area contributed by atoms with Gasteiger partial charge in [-0.3, -0.25) is 4.68 Å². The second-order valence-electron chi connectivity index (χ2n) is 5.68. The van der Waals surface area contributed by atoms with Crippen molar-refractivity contribution in [2.24, 2.45) is 5.92 Å². The first kappa shape index (κ1) is 15.7. The van der Waals surface area contributed by atoms with E-state index >= 15 is 0 Å². The molecule has 114 valence electrons. The average molecular weight is 287 g/mol. The van der Waals surface area contributed by atoms with Gasteiger partial charge in [0.25, 0.3) is 0 Å². The smallest absolute Gasteiger partial charge is 0.0659 e. The predicted octanol–water partition coefficient (Wildman–Crippen LogP) is 2.69. The molecule has 1 N–H and O–H groups in total. The van der Waals surface area contributed by atoms with Gasteiger partial charge in [0.1, 0.15) is 0 Å². The molecule has 0 aliphatic carbocycles. The molecular weight excluding hydrogens is 262 g/mol. The molecule has 0 amide bonds. The van der Waals surface area contributed by atoms with E-state index in [-0.39, 0.29) is 0 Å². The minimum atomic E-state index is 0.598. The van der Waals surface area contributed by atoms with Crippen LogP contribution in [0.4, 0.5) is 0 Å². The van der Waals surface area contributed by atoms with E-state index < -0.39 is 0 Å². The van der Waals surface area contributed by atoms with E-state index in [0.717, 1.165) is 32.8 Å². The van der Waals surface area contributed by atoms with Crippen LogP contribution in [-0.4, -0.2) is 29.5 Å². The highest BCUT2D eigenvalue weighted by Crippen LogP contribution is 2.03. The van der Waals surface area contributed by atoms with Crippen molar-refractivity contribution in [3.8, 4) is 0 Å². The molecule has 0 aliphatic heterocycles. The first-order valence-corrected chi connectivity index (χ1v) is 7.58. The molecule has 0 saturated carbocycles. The van der Waals surface area contributed by atoms with Crippen LogP contribution in [0.25, 0.3) is 0 Å². The van der Waals surface area contributed by atoms with E-state index in [1.807, 2.05) is 16.9 Å². The summed E-state index contributed by atoms with van der Waals surface area (Å²) in [5, 5.41) is 7.77. The third-order valence-electron chi connectivity index (χ3n) is 3.08. The zero-order valence-electron chi connectivity index (χ0n) is 13.0. The minimum Gasteiger partial charge on any atom is -0.380 e. The molecule has 0 bridgehead atoms.